The average molecular weight is 584 g/mol. The summed E-state index contributed by atoms with van der Waals surface area (Å²) in [6.45, 7) is 11.3. The highest BCUT2D eigenvalue weighted by molar-refractivity contribution is 7.89. The quantitative estimate of drug-likeness (QED) is 0.249. The number of rotatable bonds is 13. The lowest BCUT2D eigenvalue weighted by atomic mass is 9.77. The summed E-state index contributed by atoms with van der Waals surface area (Å²) in [5.41, 5.74) is 0.982. The van der Waals surface area contributed by atoms with Crippen molar-refractivity contribution in [2.45, 2.75) is 83.2 Å². The van der Waals surface area contributed by atoms with Crippen molar-refractivity contribution < 1.29 is 27.2 Å². The molecule has 0 saturated carbocycles. The van der Waals surface area contributed by atoms with Crippen molar-refractivity contribution >= 4 is 17.1 Å². The van der Waals surface area contributed by atoms with Crippen LogP contribution in [0.25, 0.3) is 0 Å². The van der Waals surface area contributed by atoms with Crippen LogP contribution < -0.4 is 9.47 Å². The van der Waals surface area contributed by atoms with Crippen molar-refractivity contribution in [1.82, 2.24) is 14.1 Å². The summed E-state index contributed by atoms with van der Waals surface area (Å²) in [5, 5.41) is 4.50. The van der Waals surface area contributed by atoms with Gasteiger partial charge in [0.15, 0.2) is 5.03 Å². The van der Waals surface area contributed by atoms with Gasteiger partial charge < -0.3 is 18.8 Å². The molecule has 2 aromatic carbocycles. The van der Waals surface area contributed by atoms with E-state index in [0.717, 1.165) is 23.9 Å². The topological polar surface area (TPSA) is 92.1 Å². The smallest absolute Gasteiger partial charge is 0.458 e. The number of ether oxygens (including phenoxy) is 2. The zero-order valence-corrected chi connectivity index (χ0v) is 26.0. The molecule has 1 unspecified atom stereocenters. The lowest BCUT2D eigenvalue weighted by molar-refractivity contribution is 0.00578. The molecule has 1 saturated heterocycles. The Morgan fingerprint density at radius 3 is 1.83 bits per heavy atom. The number of aromatic nitrogens is 2. The maximum absolute atomic E-state index is 13.9. The zero-order chi connectivity index (χ0) is 29.8. The van der Waals surface area contributed by atoms with E-state index >= 15 is 0 Å². The SMILES string of the molecule is COc1ccc(CN(Cc2ccc(OC)cc2)S(=O)(=O)c2ccn(CCC(C)CB3OC(C)(C)C(C)(C)O3)n2)cc1. The molecule has 9 nitrogen and oxygen atoms in total. The first kappa shape index (κ1) is 31.1. The molecule has 0 bridgehead atoms. The fraction of sp³-hybridized carbons (Fsp3) is 0.500. The van der Waals surface area contributed by atoms with Crippen LogP contribution in [0.5, 0.6) is 11.5 Å². The molecule has 11 heteroatoms. The Morgan fingerprint density at radius 2 is 1.37 bits per heavy atom. The number of benzene rings is 2. The normalized spacial score (nSPS) is 17.1. The molecule has 0 N–H and O–H groups in total. The van der Waals surface area contributed by atoms with E-state index in [1.807, 2.05) is 48.5 Å². The van der Waals surface area contributed by atoms with Crippen molar-refractivity contribution in [3.63, 3.8) is 0 Å². The molecule has 0 amide bonds. The van der Waals surface area contributed by atoms with E-state index in [4.69, 9.17) is 18.8 Å². The average Bonchev–Trinajstić information content (AvgIpc) is 3.49. The van der Waals surface area contributed by atoms with Gasteiger partial charge in [-0.25, -0.2) is 8.42 Å². The van der Waals surface area contributed by atoms with Gasteiger partial charge in [0.1, 0.15) is 11.5 Å². The molecule has 1 aliphatic heterocycles. The van der Waals surface area contributed by atoms with Crippen molar-refractivity contribution in [3.8, 4) is 11.5 Å². The molecule has 2 heterocycles. The molecule has 1 fully saturated rings. The van der Waals surface area contributed by atoms with E-state index in [1.165, 1.54) is 4.31 Å². The Labute approximate surface area is 244 Å². The standard InChI is InChI=1S/C30H42BN3O6S/c1-23(20-31-39-29(2,3)30(4,5)40-31)16-18-33-19-17-28(32-33)41(35,36)34(21-24-8-12-26(37-6)13-9-24)22-25-10-14-27(38-7)15-11-25/h8-15,17,19,23H,16,18,20-22H2,1-7H3. The van der Waals surface area contributed by atoms with Gasteiger partial charge in [0.25, 0.3) is 10.0 Å². The molecule has 222 valence electrons. The van der Waals surface area contributed by atoms with Crippen molar-refractivity contribution in [1.29, 1.82) is 0 Å². The third-order valence-corrected chi connectivity index (χ3v) is 9.69. The summed E-state index contributed by atoms with van der Waals surface area (Å²) < 4.78 is 53.7. The highest BCUT2D eigenvalue weighted by Gasteiger charge is 2.51. The summed E-state index contributed by atoms with van der Waals surface area (Å²) >= 11 is 0. The lowest BCUT2D eigenvalue weighted by Gasteiger charge is -2.32. The number of methoxy groups -OCH3 is 2. The minimum Gasteiger partial charge on any atom is -0.497 e. The Morgan fingerprint density at radius 1 is 0.878 bits per heavy atom. The summed E-state index contributed by atoms with van der Waals surface area (Å²) in [6.07, 6.45) is 3.30. The summed E-state index contributed by atoms with van der Waals surface area (Å²) in [7, 11) is -0.946. The maximum atomic E-state index is 13.9. The number of nitrogens with zero attached hydrogens (tertiary/aromatic N) is 3. The van der Waals surface area contributed by atoms with E-state index in [0.29, 0.717) is 24.0 Å². The number of aryl methyl sites for hydroxylation is 1. The number of sulfonamides is 1. The summed E-state index contributed by atoms with van der Waals surface area (Å²) in [4.78, 5) is 0. The summed E-state index contributed by atoms with van der Waals surface area (Å²) in [6, 6.07) is 16.4. The van der Waals surface area contributed by atoms with Gasteiger partial charge in [-0.2, -0.15) is 9.40 Å². The van der Waals surface area contributed by atoms with Gasteiger partial charge in [0.2, 0.25) is 0 Å². The number of hydrogen-bond donors (Lipinski definition) is 0. The van der Waals surface area contributed by atoms with Crippen LogP contribution >= 0.6 is 0 Å². The van der Waals surface area contributed by atoms with Gasteiger partial charge in [-0.15, -0.1) is 0 Å². The first-order valence-electron chi connectivity index (χ1n) is 14.0. The Bertz CT molecular complexity index is 1320. The molecule has 3 aromatic rings. The van der Waals surface area contributed by atoms with Crippen LogP contribution in [0.2, 0.25) is 6.32 Å². The molecular formula is C30H42BN3O6S. The highest BCUT2D eigenvalue weighted by atomic mass is 32.2. The lowest BCUT2D eigenvalue weighted by Crippen LogP contribution is -2.41. The van der Waals surface area contributed by atoms with Crippen LogP contribution in [0.15, 0.2) is 65.8 Å². The highest BCUT2D eigenvalue weighted by Crippen LogP contribution is 2.38. The van der Waals surface area contributed by atoms with Crippen LogP contribution in [0.1, 0.15) is 52.2 Å². The first-order valence-corrected chi connectivity index (χ1v) is 15.4. The molecule has 1 aliphatic rings. The molecule has 1 aromatic heterocycles. The zero-order valence-electron chi connectivity index (χ0n) is 25.2. The Kier molecular flexibility index (Phi) is 9.53. The van der Waals surface area contributed by atoms with Crippen LogP contribution in [0, 0.1) is 5.92 Å². The molecule has 41 heavy (non-hydrogen) atoms. The van der Waals surface area contributed by atoms with E-state index in [2.05, 4.69) is 39.7 Å². The number of hydrogen-bond acceptors (Lipinski definition) is 7. The largest absolute Gasteiger partial charge is 0.497 e. The first-order chi connectivity index (χ1) is 19.3. The molecular weight excluding hydrogens is 541 g/mol. The van der Waals surface area contributed by atoms with Gasteiger partial charge >= 0.3 is 7.12 Å². The second-order valence-corrected chi connectivity index (χ2v) is 13.6. The maximum Gasteiger partial charge on any atom is 0.458 e. The van der Waals surface area contributed by atoms with Crippen LogP contribution in [-0.2, 0) is 39.0 Å². The van der Waals surface area contributed by atoms with Crippen molar-refractivity contribution in [2.24, 2.45) is 5.92 Å². The van der Waals surface area contributed by atoms with Gasteiger partial charge in [-0.3, -0.25) is 4.68 Å². The van der Waals surface area contributed by atoms with E-state index < -0.39 is 10.0 Å². The van der Waals surface area contributed by atoms with Crippen LogP contribution in [-0.4, -0.2) is 55.0 Å². The van der Waals surface area contributed by atoms with Gasteiger partial charge in [0.05, 0.1) is 25.4 Å². The molecule has 0 radical (unpaired) electrons. The van der Waals surface area contributed by atoms with E-state index in [1.54, 1.807) is 31.2 Å². The summed E-state index contributed by atoms with van der Waals surface area (Å²) in [5.74, 6) is 1.73. The Balaban J connectivity index is 1.45. The predicted octanol–water partition coefficient (Wildman–Crippen LogP) is 5.41. The van der Waals surface area contributed by atoms with E-state index in [9.17, 15) is 8.42 Å². The molecule has 0 spiro atoms. The third-order valence-electron chi connectivity index (χ3n) is 8.00. The second kappa shape index (κ2) is 12.6. The fourth-order valence-electron chi connectivity index (χ4n) is 4.69. The minimum atomic E-state index is -3.89. The van der Waals surface area contributed by atoms with E-state index in [-0.39, 0.29) is 36.4 Å². The minimum absolute atomic E-state index is 0.0261. The van der Waals surface area contributed by atoms with Crippen molar-refractivity contribution in [2.75, 3.05) is 14.2 Å². The molecule has 0 aliphatic carbocycles. The third kappa shape index (κ3) is 7.51. The monoisotopic (exact) mass is 583 g/mol. The molecule has 1 atom stereocenters. The Hall–Kier alpha value is -2.86. The van der Waals surface area contributed by atoms with Gasteiger partial charge in [0, 0.05) is 25.8 Å². The predicted molar refractivity (Wildman–Crippen MR) is 159 cm³/mol. The molecule has 4 rings (SSSR count). The van der Waals surface area contributed by atoms with Crippen LogP contribution in [0.3, 0.4) is 0 Å². The second-order valence-electron chi connectivity index (χ2n) is 11.7. The fourth-order valence-corrected chi connectivity index (χ4v) is 6.04. The van der Waals surface area contributed by atoms with Gasteiger partial charge in [-0.05, 0) is 87.8 Å². The van der Waals surface area contributed by atoms with Gasteiger partial charge in [-0.1, -0.05) is 31.2 Å². The van der Waals surface area contributed by atoms with Crippen molar-refractivity contribution in [3.05, 3.63) is 71.9 Å². The van der Waals surface area contributed by atoms with Crippen LogP contribution in [0.4, 0.5) is 0 Å².